The van der Waals surface area contributed by atoms with Gasteiger partial charge in [0.15, 0.2) is 12.1 Å². The van der Waals surface area contributed by atoms with E-state index in [1.807, 2.05) is 4.90 Å². The second-order valence-corrected chi connectivity index (χ2v) is 9.59. The fourth-order valence-electron chi connectivity index (χ4n) is 5.11. The molecule has 2 unspecified atom stereocenters. The molecule has 0 amide bonds. The highest BCUT2D eigenvalue weighted by Crippen LogP contribution is 2.34. The normalized spacial score (nSPS) is 20.8. The number of aryl methyl sites for hydroxylation is 1. The van der Waals surface area contributed by atoms with Crippen molar-refractivity contribution in [2.45, 2.75) is 32.0 Å². The number of rotatable bonds is 8. The lowest BCUT2D eigenvalue weighted by Gasteiger charge is -2.30. The van der Waals surface area contributed by atoms with Crippen LogP contribution in [0.15, 0.2) is 41.6 Å². The minimum absolute atomic E-state index is 0.0489. The maximum absolute atomic E-state index is 14.4. The average Bonchev–Trinajstić information content (AvgIpc) is 3.42. The van der Waals surface area contributed by atoms with Gasteiger partial charge >= 0.3 is 0 Å². The Bertz CT molecular complexity index is 1400. The van der Waals surface area contributed by atoms with Gasteiger partial charge in [0.2, 0.25) is 18.1 Å². The Kier molecular flexibility index (Phi) is 7.66. The van der Waals surface area contributed by atoms with Gasteiger partial charge in [-0.05, 0) is 43.0 Å². The molecule has 12 heteroatoms. The number of carbonyl (C=O) groups is 1. The number of aldehydes is 1. The Morgan fingerprint density at radius 2 is 2.15 bits per heavy atom. The van der Waals surface area contributed by atoms with E-state index in [2.05, 4.69) is 25.4 Å². The molecule has 0 spiro atoms. The zero-order valence-electron chi connectivity index (χ0n) is 21.7. The summed E-state index contributed by atoms with van der Waals surface area (Å²) in [4.78, 5) is 32.7. The zero-order valence-corrected chi connectivity index (χ0v) is 21.7. The van der Waals surface area contributed by atoms with Crippen LogP contribution in [0.5, 0.6) is 5.88 Å². The quantitative estimate of drug-likeness (QED) is 0.289. The molecule has 3 aromatic rings. The summed E-state index contributed by atoms with van der Waals surface area (Å²) in [6.45, 7) is 2.98. The number of carbonyl (C=O) groups excluding carboxylic acids is 1. The minimum atomic E-state index is -0.919. The summed E-state index contributed by atoms with van der Waals surface area (Å²) in [6, 6.07) is 9.39. The van der Waals surface area contributed by atoms with Crippen LogP contribution in [0.25, 0.3) is 11.3 Å². The third-order valence-electron chi connectivity index (χ3n) is 7.03. The van der Waals surface area contributed by atoms with Gasteiger partial charge in [-0.3, -0.25) is 9.69 Å². The molecular formula is C27H30FN7O4. The van der Waals surface area contributed by atoms with Gasteiger partial charge in [-0.2, -0.15) is 0 Å². The van der Waals surface area contributed by atoms with Gasteiger partial charge in [-0.15, -0.1) is 0 Å². The Morgan fingerprint density at radius 1 is 1.31 bits per heavy atom. The van der Waals surface area contributed by atoms with E-state index in [1.54, 1.807) is 31.2 Å². The van der Waals surface area contributed by atoms with E-state index < -0.39 is 18.1 Å². The summed E-state index contributed by atoms with van der Waals surface area (Å²) in [7, 11) is 1.52. The first-order chi connectivity index (χ1) is 18.9. The van der Waals surface area contributed by atoms with Gasteiger partial charge in [-0.1, -0.05) is 17.3 Å². The molecule has 4 N–H and O–H groups in total. The van der Waals surface area contributed by atoms with Crippen LogP contribution in [0.1, 0.15) is 35.0 Å². The molecule has 2 aliphatic heterocycles. The van der Waals surface area contributed by atoms with Crippen LogP contribution in [0.2, 0.25) is 0 Å². The molecule has 0 aliphatic carbocycles. The molecule has 204 valence electrons. The summed E-state index contributed by atoms with van der Waals surface area (Å²) in [5, 5.41) is 17.2. The van der Waals surface area contributed by atoms with Crippen LogP contribution in [-0.4, -0.2) is 70.1 Å². The predicted octanol–water partition coefficient (Wildman–Crippen LogP) is 1.98. The van der Waals surface area contributed by atoms with Crippen molar-refractivity contribution in [2.75, 3.05) is 32.5 Å². The molecule has 2 aromatic heterocycles. The van der Waals surface area contributed by atoms with Gasteiger partial charge in [0.25, 0.3) is 0 Å². The SMILES string of the molecule is COc1cccc(-c2cc(F)ccc2[C@H]2Cc3nc(N)nc(C)c3C(=NOC(C=O)N3CCC(CO)C3)N2)n1. The highest BCUT2D eigenvalue weighted by Gasteiger charge is 2.32. The van der Waals surface area contributed by atoms with E-state index in [9.17, 15) is 14.3 Å². The smallest absolute Gasteiger partial charge is 0.237 e. The Labute approximate surface area is 224 Å². The summed E-state index contributed by atoms with van der Waals surface area (Å²) >= 11 is 0. The number of nitrogens with zero attached hydrogens (tertiary/aromatic N) is 5. The number of fused-ring (bicyclic) bond motifs is 1. The van der Waals surface area contributed by atoms with Crippen LogP contribution >= 0.6 is 0 Å². The molecule has 1 aromatic carbocycles. The summed E-state index contributed by atoms with van der Waals surface area (Å²) in [6.07, 6.45) is 0.939. The number of hydrogen-bond donors (Lipinski definition) is 3. The number of amidine groups is 1. The van der Waals surface area contributed by atoms with Crippen LogP contribution in [0.3, 0.4) is 0 Å². The number of aliphatic hydroxyl groups excluding tert-OH is 1. The largest absolute Gasteiger partial charge is 0.481 e. The van der Waals surface area contributed by atoms with E-state index in [1.165, 1.54) is 19.2 Å². The van der Waals surface area contributed by atoms with Gasteiger partial charge in [0.1, 0.15) is 5.82 Å². The van der Waals surface area contributed by atoms with E-state index in [-0.39, 0.29) is 18.5 Å². The maximum Gasteiger partial charge on any atom is 0.237 e. The van der Waals surface area contributed by atoms with Crippen molar-refractivity contribution in [3.63, 3.8) is 0 Å². The van der Waals surface area contributed by atoms with Gasteiger partial charge in [-0.25, -0.2) is 19.3 Å². The van der Waals surface area contributed by atoms with E-state index >= 15 is 0 Å². The minimum Gasteiger partial charge on any atom is -0.481 e. The van der Waals surface area contributed by atoms with Crippen LogP contribution in [0, 0.1) is 18.7 Å². The number of likely N-dealkylation sites (tertiary alicyclic amines) is 1. The first-order valence-corrected chi connectivity index (χ1v) is 12.6. The van der Waals surface area contributed by atoms with Gasteiger partial charge < -0.3 is 25.7 Å². The summed E-state index contributed by atoms with van der Waals surface area (Å²) in [5.74, 6) is 0.537. The van der Waals surface area contributed by atoms with Crippen molar-refractivity contribution in [1.82, 2.24) is 25.2 Å². The Morgan fingerprint density at radius 3 is 2.90 bits per heavy atom. The standard InChI is InChI=1S/C27H30FN7O4/c1-15-25-22(33-27(29)30-15)11-21(32-26(25)34-39-24(14-37)35-9-8-16(12-35)13-36)18-7-6-17(28)10-19(18)20-4-3-5-23(31-20)38-2/h3-7,10,14,16,21,24,36H,8-9,11-13H2,1-2H3,(H,32,34)(H2,29,30,33)/t16?,21-,24?/m1/s1. The number of nitrogen functional groups attached to an aromatic ring is 1. The van der Waals surface area contributed by atoms with Crippen LogP contribution in [-0.2, 0) is 16.1 Å². The van der Waals surface area contributed by atoms with Crippen molar-refractivity contribution in [2.24, 2.45) is 11.1 Å². The molecule has 2 aliphatic rings. The monoisotopic (exact) mass is 535 g/mol. The lowest BCUT2D eigenvalue weighted by Crippen LogP contribution is -2.40. The number of oxime groups is 1. The lowest BCUT2D eigenvalue weighted by molar-refractivity contribution is -0.130. The topological polar surface area (TPSA) is 148 Å². The molecule has 1 fully saturated rings. The fourth-order valence-corrected chi connectivity index (χ4v) is 5.11. The Balaban J connectivity index is 1.52. The van der Waals surface area contributed by atoms with Crippen molar-refractivity contribution < 1.29 is 23.9 Å². The molecule has 1 saturated heterocycles. The average molecular weight is 536 g/mol. The number of hydrogen-bond acceptors (Lipinski definition) is 10. The fraction of sp³-hybridized carbons (Fsp3) is 0.370. The van der Waals surface area contributed by atoms with E-state index in [0.29, 0.717) is 65.7 Å². The number of benzene rings is 1. The zero-order chi connectivity index (χ0) is 27.5. The second kappa shape index (κ2) is 11.3. The van der Waals surface area contributed by atoms with Crippen molar-refractivity contribution in [1.29, 1.82) is 0 Å². The number of pyridine rings is 1. The number of aromatic nitrogens is 3. The first-order valence-electron chi connectivity index (χ1n) is 12.6. The highest BCUT2D eigenvalue weighted by molar-refractivity contribution is 6.01. The van der Waals surface area contributed by atoms with Crippen molar-refractivity contribution in [3.05, 3.63) is 64.7 Å². The predicted molar refractivity (Wildman–Crippen MR) is 141 cm³/mol. The molecule has 5 rings (SSSR count). The van der Waals surface area contributed by atoms with E-state index in [0.717, 1.165) is 12.0 Å². The molecular weight excluding hydrogens is 505 g/mol. The van der Waals surface area contributed by atoms with Crippen LogP contribution in [0.4, 0.5) is 10.3 Å². The molecule has 4 heterocycles. The third kappa shape index (κ3) is 5.52. The number of nitrogens with one attached hydrogen (secondary N) is 1. The second-order valence-electron chi connectivity index (χ2n) is 9.59. The molecule has 39 heavy (non-hydrogen) atoms. The number of anilines is 1. The third-order valence-corrected chi connectivity index (χ3v) is 7.03. The summed E-state index contributed by atoms with van der Waals surface area (Å²) in [5.41, 5.74) is 9.72. The maximum atomic E-state index is 14.4. The van der Waals surface area contributed by atoms with Crippen LogP contribution < -0.4 is 15.8 Å². The van der Waals surface area contributed by atoms with Gasteiger partial charge in [0.05, 0.1) is 35.8 Å². The number of aliphatic hydroxyl groups is 1. The molecule has 11 nitrogen and oxygen atoms in total. The number of ether oxygens (including phenoxy) is 1. The number of methoxy groups -OCH3 is 1. The number of halogens is 1. The summed E-state index contributed by atoms with van der Waals surface area (Å²) < 4.78 is 19.7. The lowest BCUT2D eigenvalue weighted by atomic mass is 9.90. The number of nitrogens with two attached hydrogens (primary N) is 1. The van der Waals surface area contributed by atoms with Crippen molar-refractivity contribution >= 4 is 18.1 Å². The van der Waals surface area contributed by atoms with E-state index in [4.69, 9.17) is 15.3 Å². The molecule has 0 saturated carbocycles. The molecule has 0 bridgehead atoms. The molecule has 3 atom stereocenters. The van der Waals surface area contributed by atoms with Crippen molar-refractivity contribution in [3.8, 4) is 17.1 Å². The Hall–Kier alpha value is -4.16. The highest BCUT2D eigenvalue weighted by atomic mass is 19.1. The molecule has 0 radical (unpaired) electrons. The first kappa shape index (κ1) is 26.4. The van der Waals surface area contributed by atoms with Gasteiger partial charge in [0, 0.05) is 37.7 Å².